The van der Waals surface area contributed by atoms with Gasteiger partial charge in [0, 0.05) is 12.9 Å². The molecule has 0 aromatic carbocycles. The van der Waals surface area contributed by atoms with Crippen molar-refractivity contribution in [2.24, 2.45) is 0 Å². The summed E-state index contributed by atoms with van der Waals surface area (Å²) in [4.78, 5) is 16.5. The van der Waals surface area contributed by atoms with Crippen LogP contribution in [0.25, 0.3) is 0 Å². The van der Waals surface area contributed by atoms with Crippen LogP contribution in [0.15, 0.2) is 0 Å². The van der Waals surface area contributed by atoms with Gasteiger partial charge >= 0.3 is 17.1 Å². The van der Waals surface area contributed by atoms with Crippen LogP contribution >= 0.6 is 0 Å². The molecule has 0 aromatic heterocycles. The van der Waals surface area contributed by atoms with E-state index in [4.69, 9.17) is 50.4 Å². The van der Waals surface area contributed by atoms with Gasteiger partial charge in [-0.3, -0.25) is 0 Å². The monoisotopic (exact) mass is 337 g/mol. The summed E-state index contributed by atoms with van der Waals surface area (Å²) in [5.74, 6) is 0. The van der Waals surface area contributed by atoms with Crippen LogP contribution in [0.3, 0.4) is 0 Å². The predicted octanol–water partition coefficient (Wildman–Crippen LogP) is -6.61. The maximum atomic E-state index is 8.25. The second-order valence-electron chi connectivity index (χ2n) is 2.23. The zero-order valence-electron chi connectivity index (χ0n) is 9.76. The second-order valence-corrected chi connectivity index (χ2v) is 2.23. The molecule has 0 spiro atoms. The van der Waals surface area contributed by atoms with E-state index in [9.17, 15) is 0 Å². The van der Waals surface area contributed by atoms with Crippen LogP contribution in [0, 0.1) is 0 Å². The Hall–Kier alpha value is -0.781. The molecule has 0 rings (SSSR count). The number of aliphatic hydroxyl groups excluding tert-OH is 6. The quantitative estimate of drug-likeness (QED) is 0.211. The molecular weight excluding hydrogens is 320 g/mol. The van der Waals surface area contributed by atoms with E-state index in [1.807, 2.05) is 0 Å². The molecule has 0 aliphatic carbocycles. The van der Waals surface area contributed by atoms with Crippen molar-refractivity contribution in [3.8, 4) is 0 Å². The Bertz CT molecular complexity index is 123. The minimum atomic E-state index is -0.954. The summed E-state index contributed by atoms with van der Waals surface area (Å²) in [5, 5.41) is 64.5. The summed E-state index contributed by atoms with van der Waals surface area (Å²) < 4.78 is 0. The van der Waals surface area contributed by atoms with Crippen LogP contribution < -0.4 is 10.2 Å². The van der Waals surface area contributed by atoms with E-state index >= 15 is 0 Å². The first-order chi connectivity index (χ1) is 8.44. The number of rotatable bonds is 4. The average Bonchev–Trinajstić information content (AvgIpc) is 2.39. The Morgan fingerprint density at radius 3 is 0.842 bits per heavy atom. The van der Waals surface area contributed by atoms with E-state index in [-0.39, 0.29) is 43.5 Å². The first kappa shape index (κ1) is 30.9. The van der Waals surface area contributed by atoms with E-state index in [1.165, 1.54) is 0 Å². The summed E-state index contributed by atoms with van der Waals surface area (Å²) >= 11 is 0. The number of carbonyl (C=O) groups excluding carboxylic acids is 2. The van der Waals surface area contributed by atoms with Crippen LogP contribution in [0.4, 0.5) is 0 Å². The van der Waals surface area contributed by atoms with E-state index in [2.05, 4.69) is 0 Å². The smallest absolute Gasteiger partial charge is 0.554 e. The maximum Gasteiger partial charge on any atom is 2.00 e. The number of hydrogen-bond donors (Lipinski definition) is 6. The van der Waals surface area contributed by atoms with Gasteiger partial charge in [0.25, 0.3) is 0 Å². The Balaban J connectivity index is -0.0000000476. The molecule has 0 saturated heterocycles. The molecule has 0 aliphatic heterocycles. The molecule has 121 valence electrons. The molecule has 19 heavy (non-hydrogen) atoms. The Morgan fingerprint density at radius 2 is 0.842 bits per heavy atom. The van der Waals surface area contributed by atoms with Crippen LogP contribution in [-0.2, 0) is 26.7 Å². The molecule has 0 aliphatic rings. The molecule has 11 heteroatoms. The van der Waals surface area contributed by atoms with E-state index in [0.29, 0.717) is 0 Å². The second kappa shape index (κ2) is 36.0. The molecule has 0 aromatic rings. The SMILES string of the molecule is O=C[O-].O=C[O-].OCC(O)CO.OCC(O)CO.[Cu+2]. The van der Waals surface area contributed by atoms with Gasteiger partial charge in [0.1, 0.15) is 12.2 Å². The van der Waals surface area contributed by atoms with Crippen LogP contribution in [0.2, 0.25) is 0 Å². The molecule has 0 saturated carbocycles. The molecule has 10 nitrogen and oxygen atoms in total. The zero-order valence-corrected chi connectivity index (χ0v) is 10.7. The Kier molecular flexibility index (Phi) is 58.6. The van der Waals surface area contributed by atoms with Crippen molar-refractivity contribution >= 4 is 12.9 Å². The Labute approximate surface area is 120 Å². The molecule has 0 fully saturated rings. The molecule has 0 amide bonds. The molecule has 0 heterocycles. The van der Waals surface area contributed by atoms with Gasteiger partial charge in [0.2, 0.25) is 0 Å². The van der Waals surface area contributed by atoms with E-state index in [0.717, 1.165) is 0 Å². The van der Waals surface area contributed by atoms with Gasteiger partial charge in [0.05, 0.1) is 26.4 Å². The predicted molar refractivity (Wildman–Crippen MR) is 52.5 cm³/mol. The maximum absolute atomic E-state index is 8.25. The summed E-state index contributed by atoms with van der Waals surface area (Å²) in [6.07, 6.45) is -1.91. The first-order valence-electron chi connectivity index (χ1n) is 4.36. The minimum Gasteiger partial charge on any atom is -0.554 e. The van der Waals surface area contributed by atoms with Gasteiger partial charge in [-0.15, -0.1) is 0 Å². The average molecular weight is 338 g/mol. The van der Waals surface area contributed by atoms with E-state index in [1.54, 1.807) is 0 Å². The normalized spacial score (nSPS) is 7.58. The van der Waals surface area contributed by atoms with Gasteiger partial charge < -0.3 is 50.4 Å². The summed E-state index contributed by atoms with van der Waals surface area (Å²) in [7, 11) is 0. The molecule has 0 bridgehead atoms. The van der Waals surface area contributed by atoms with Crippen molar-refractivity contribution in [2.45, 2.75) is 12.2 Å². The zero-order chi connectivity index (χ0) is 15.4. The van der Waals surface area contributed by atoms with Crippen LogP contribution in [-0.4, -0.2) is 82.2 Å². The summed E-state index contributed by atoms with van der Waals surface area (Å²) in [6, 6.07) is 0. The Morgan fingerprint density at radius 1 is 0.737 bits per heavy atom. The first-order valence-corrected chi connectivity index (χ1v) is 4.36. The van der Waals surface area contributed by atoms with Crippen molar-refractivity contribution in [1.82, 2.24) is 0 Å². The molecular formula is C8H18CuO10. The number of aliphatic hydroxyl groups is 6. The molecule has 0 atom stereocenters. The summed E-state index contributed by atoms with van der Waals surface area (Å²) in [6.45, 7) is -2.46. The third-order valence-corrected chi connectivity index (χ3v) is 0.843. The molecule has 0 unspecified atom stereocenters. The van der Waals surface area contributed by atoms with Gasteiger partial charge in [-0.1, -0.05) is 0 Å². The van der Waals surface area contributed by atoms with Gasteiger partial charge in [-0.25, -0.2) is 0 Å². The van der Waals surface area contributed by atoms with Crippen molar-refractivity contribution in [3.63, 3.8) is 0 Å². The van der Waals surface area contributed by atoms with E-state index < -0.39 is 25.2 Å². The third-order valence-electron chi connectivity index (χ3n) is 0.843. The van der Waals surface area contributed by atoms with Crippen molar-refractivity contribution in [2.75, 3.05) is 26.4 Å². The fraction of sp³-hybridized carbons (Fsp3) is 0.750. The van der Waals surface area contributed by atoms with Crippen molar-refractivity contribution in [3.05, 3.63) is 0 Å². The standard InChI is InChI=1S/2C3H8O3.2CH2O2.Cu/c2*4-1-3(6)2-5;2*2-1-3;/h2*3-6H,1-2H2;2*1H,(H,2,3);/q;;;;+2/p-2. The van der Waals surface area contributed by atoms with Crippen molar-refractivity contribution < 1.29 is 67.5 Å². The fourth-order valence-corrected chi connectivity index (χ4v) is 0.115. The van der Waals surface area contributed by atoms with Gasteiger partial charge in [-0.2, -0.15) is 0 Å². The number of carbonyl (C=O) groups is 2. The fourth-order valence-electron chi connectivity index (χ4n) is 0.115. The summed E-state index contributed by atoms with van der Waals surface area (Å²) in [5.41, 5.74) is 0. The number of hydrogen-bond acceptors (Lipinski definition) is 10. The largest absolute Gasteiger partial charge is 2.00 e. The topological polar surface area (TPSA) is 202 Å². The third kappa shape index (κ3) is 76.5. The van der Waals surface area contributed by atoms with Gasteiger partial charge in [0.15, 0.2) is 0 Å². The molecule has 1 radical (unpaired) electrons. The van der Waals surface area contributed by atoms with Gasteiger partial charge in [-0.05, 0) is 0 Å². The van der Waals surface area contributed by atoms with Crippen LogP contribution in [0.5, 0.6) is 0 Å². The minimum absolute atomic E-state index is 0. The number of carboxylic acid groups (broad SMARTS) is 2. The molecule has 6 N–H and O–H groups in total. The van der Waals surface area contributed by atoms with Crippen molar-refractivity contribution in [1.29, 1.82) is 0 Å². The van der Waals surface area contributed by atoms with Crippen LogP contribution in [0.1, 0.15) is 0 Å².